The highest BCUT2D eigenvalue weighted by Gasteiger charge is 2.17. The Hall–Kier alpha value is -1.00. The van der Waals surface area contributed by atoms with E-state index in [1.165, 1.54) is 0 Å². The van der Waals surface area contributed by atoms with E-state index in [1.54, 1.807) is 19.1 Å². The Morgan fingerprint density at radius 3 is 2.24 bits per heavy atom. The first kappa shape index (κ1) is 18.1. The van der Waals surface area contributed by atoms with Gasteiger partial charge in [0.1, 0.15) is 5.75 Å². The van der Waals surface area contributed by atoms with Crippen LogP contribution in [0.2, 0.25) is 0 Å². The van der Waals surface area contributed by atoms with Crippen molar-refractivity contribution < 1.29 is 9.47 Å². The Labute approximate surface area is 133 Å². The van der Waals surface area contributed by atoms with Crippen molar-refractivity contribution in [2.75, 3.05) is 13.7 Å². The minimum Gasteiger partial charge on any atom is -0.497 e. The van der Waals surface area contributed by atoms with Gasteiger partial charge in [0.05, 0.1) is 20.3 Å². The van der Waals surface area contributed by atoms with Crippen LogP contribution in [-0.4, -0.2) is 24.7 Å². The van der Waals surface area contributed by atoms with Crippen molar-refractivity contribution in [3.05, 3.63) is 29.8 Å². The summed E-state index contributed by atoms with van der Waals surface area (Å²) in [5.41, 5.74) is 1.08. The Morgan fingerprint density at radius 2 is 1.71 bits per heavy atom. The van der Waals surface area contributed by atoms with Gasteiger partial charge in [0, 0.05) is 16.4 Å². The summed E-state index contributed by atoms with van der Waals surface area (Å²) in [6.45, 7) is 12.0. The third kappa shape index (κ3) is 8.12. The van der Waals surface area contributed by atoms with Crippen LogP contribution in [0.4, 0.5) is 0 Å². The van der Waals surface area contributed by atoms with Gasteiger partial charge >= 0.3 is 0 Å². The zero-order valence-corrected chi connectivity index (χ0v) is 14.8. The third-order valence-electron chi connectivity index (χ3n) is 2.63. The van der Waals surface area contributed by atoms with E-state index in [2.05, 4.69) is 39.0 Å². The summed E-state index contributed by atoms with van der Waals surface area (Å²) in [7, 11) is 1.67. The number of rotatable bonds is 7. The van der Waals surface area contributed by atoms with E-state index in [-0.39, 0.29) is 10.2 Å². The lowest BCUT2D eigenvalue weighted by Gasteiger charge is -2.20. The van der Waals surface area contributed by atoms with Crippen LogP contribution in [0.1, 0.15) is 40.2 Å². The van der Waals surface area contributed by atoms with Crippen LogP contribution < -0.4 is 4.74 Å². The lowest BCUT2D eigenvalue weighted by atomic mass is 9.97. The van der Waals surface area contributed by atoms with E-state index < -0.39 is 0 Å². The van der Waals surface area contributed by atoms with Gasteiger partial charge in [0.15, 0.2) is 0 Å². The topological polar surface area (TPSA) is 30.8 Å². The number of ether oxygens (including phenoxy) is 2. The molecule has 0 radical (unpaired) electrons. The first-order valence-electron chi connectivity index (χ1n) is 7.15. The lowest BCUT2D eigenvalue weighted by molar-refractivity contribution is 0.0806. The van der Waals surface area contributed by atoms with Crippen LogP contribution in [-0.2, 0) is 11.3 Å². The molecule has 0 unspecified atom stereocenters. The molecule has 0 N–H and O–H groups in total. The summed E-state index contributed by atoms with van der Waals surface area (Å²) in [5, 5.41) is 0. The molecule has 0 saturated carbocycles. The maximum absolute atomic E-state index is 5.80. The van der Waals surface area contributed by atoms with Gasteiger partial charge in [-0.25, -0.2) is 4.40 Å². The fraction of sp³-hybridized carbons (Fsp3) is 0.588. The maximum Gasteiger partial charge on any atom is 0.118 e. The Bertz CT molecular complexity index is 447. The van der Waals surface area contributed by atoms with E-state index in [4.69, 9.17) is 9.47 Å². The van der Waals surface area contributed by atoms with Gasteiger partial charge in [-0.05, 0) is 50.4 Å². The van der Waals surface area contributed by atoms with Crippen molar-refractivity contribution in [3.63, 3.8) is 0 Å². The first-order chi connectivity index (χ1) is 9.72. The second kappa shape index (κ2) is 7.85. The van der Waals surface area contributed by atoms with Gasteiger partial charge in [0.2, 0.25) is 0 Å². The lowest BCUT2D eigenvalue weighted by Crippen LogP contribution is -2.21. The summed E-state index contributed by atoms with van der Waals surface area (Å²) >= 11 is 1.59. The molecular weight excluding hydrogens is 282 g/mol. The highest BCUT2D eigenvalue weighted by atomic mass is 32.2. The molecule has 0 aromatic heterocycles. The van der Waals surface area contributed by atoms with Gasteiger partial charge in [0.25, 0.3) is 0 Å². The summed E-state index contributed by atoms with van der Waals surface area (Å²) < 4.78 is 15.5. The van der Waals surface area contributed by atoms with Crippen molar-refractivity contribution in [1.82, 2.24) is 0 Å². The molecule has 0 amide bonds. The van der Waals surface area contributed by atoms with Crippen molar-refractivity contribution in [1.29, 1.82) is 0 Å². The molecule has 0 heterocycles. The van der Waals surface area contributed by atoms with Gasteiger partial charge in [-0.15, -0.1) is 0 Å². The van der Waals surface area contributed by atoms with Crippen LogP contribution in [0.25, 0.3) is 0 Å². The molecule has 4 heteroatoms. The average Bonchev–Trinajstić information content (AvgIpc) is 2.37. The molecule has 0 atom stereocenters. The predicted molar refractivity (Wildman–Crippen MR) is 92.3 cm³/mol. The normalized spacial score (nSPS) is 12.9. The predicted octanol–water partition coefficient (Wildman–Crippen LogP) is 4.76. The summed E-state index contributed by atoms with van der Waals surface area (Å²) in [4.78, 5) is 0. The molecule has 1 aromatic rings. The molecule has 1 aromatic carbocycles. The van der Waals surface area contributed by atoms with Gasteiger partial charge in [-0.1, -0.05) is 26.0 Å². The van der Waals surface area contributed by atoms with Crippen molar-refractivity contribution in [3.8, 4) is 5.75 Å². The average molecular weight is 309 g/mol. The SMILES string of the molecule is COc1ccc(COCC(C)(C)C=NSC(C)(C)C)cc1. The number of nitrogens with zero attached hydrogens (tertiary/aromatic N) is 1. The van der Waals surface area contributed by atoms with Crippen molar-refractivity contribution >= 4 is 18.2 Å². The Balaban J connectivity index is 2.38. The molecule has 0 aliphatic carbocycles. The summed E-state index contributed by atoms with van der Waals surface area (Å²) in [6.07, 6.45) is 1.98. The van der Waals surface area contributed by atoms with E-state index in [0.29, 0.717) is 13.2 Å². The quantitative estimate of drug-likeness (QED) is 0.537. The van der Waals surface area contributed by atoms with E-state index in [1.807, 2.05) is 30.5 Å². The standard InChI is InChI=1S/C17H27NO2S/c1-16(2,3)21-18-12-17(4,5)13-20-11-14-7-9-15(19-6)10-8-14/h7-10,12H,11,13H2,1-6H3. The second-order valence-corrected chi connectivity index (χ2v) is 8.39. The van der Waals surface area contributed by atoms with Crippen LogP contribution in [0.15, 0.2) is 28.7 Å². The monoisotopic (exact) mass is 309 g/mol. The molecule has 21 heavy (non-hydrogen) atoms. The molecule has 0 spiro atoms. The molecule has 0 bridgehead atoms. The number of hydrogen-bond donors (Lipinski definition) is 0. The highest BCUT2D eigenvalue weighted by Crippen LogP contribution is 2.25. The molecule has 3 nitrogen and oxygen atoms in total. The molecular formula is C17H27NO2S. The summed E-state index contributed by atoms with van der Waals surface area (Å²) in [5.74, 6) is 0.866. The van der Waals surface area contributed by atoms with Gasteiger partial charge < -0.3 is 9.47 Å². The van der Waals surface area contributed by atoms with Gasteiger partial charge in [-0.3, -0.25) is 0 Å². The molecule has 0 aliphatic rings. The van der Waals surface area contributed by atoms with Crippen LogP contribution in [0.5, 0.6) is 5.75 Å². The van der Waals surface area contributed by atoms with Crippen LogP contribution >= 0.6 is 11.9 Å². The van der Waals surface area contributed by atoms with Crippen LogP contribution in [0, 0.1) is 5.41 Å². The molecule has 1 rings (SSSR count). The van der Waals surface area contributed by atoms with Crippen LogP contribution in [0.3, 0.4) is 0 Å². The largest absolute Gasteiger partial charge is 0.497 e. The fourth-order valence-corrected chi connectivity index (χ4v) is 2.17. The van der Waals surface area contributed by atoms with E-state index >= 15 is 0 Å². The highest BCUT2D eigenvalue weighted by molar-refractivity contribution is 7.99. The molecule has 0 aliphatic heterocycles. The van der Waals surface area contributed by atoms with Crippen molar-refractivity contribution in [2.24, 2.45) is 9.81 Å². The van der Waals surface area contributed by atoms with Crippen molar-refractivity contribution in [2.45, 2.75) is 46.0 Å². The Kier molecular flexibility index (Phi) is 6.75. The fourth-order valence-electron chi connectivity index (χ4n) is 1.52. The summed E-state index contributed by atoms with van der Waals surface area (Å²) in [6, 6.07) is 7.95. The van der Waals surface area contributed by atoms with E-state index in [0.717, 1.165) is 11.3 Å². The smallest absolute Gasteiger partial charge is 0.118 e. The zero-order valence-electron chi connectivity index (χ0n) is 14.0. The molecule has 118 valence electrons. The number of hydrogen-bond acceptors (Lipinski definition) is 4. The first-order valence-corrected chi connectivity index (χ1v) is 7.93. The number of benzene rings is 1. The van der Waals surface area contributed by atoms with E-state index in [9.17, 15) is 0 Å². The molecule has 0 saturated heterocycles. The number of methoxy groups -OCH3 is 1. The minimum atomic E-state index is -0.0648. The second-order valence-electron chi connectivity index (χ2n) is 6.77. The maximum atomic E-state index is 5.80. The van der Waals surface area contributed by atoms with Gasteiger partial charge in [-0.2, -0.15) is 0 Å². The minimum absolute atomic E-state index is 0.0648. The third-order valence-corrected chi connectivity index (χ3v) is 3.39. The Morgan fingerprint density at radius 1 is 1.10 bits per heavy atom. The molecule has 0 fully saturated rings. The zero-order chi connectivity index (χ0) is 15.9.